The van der Waals surface area contributed by atoms with E-state index < -0.39 is 11.4 Å². The van der Waals surface area contributed by atoms with Crippen molar-refractivity contribution in [2.75, 3.05) is 26.2 Å². The number of piperidine rings is 2. The zero-order valence-electron chi connectivity index (χ0n) is 14.3. The third-order valence-electron chi connectivity index (χ3n) is 4.30. The summed E-state index contributed by atoms with van der Waals surface area (Å²) in [5, 5.41) is 0. The van der Waals surface area contributed by atoms with Crippen LogP contribution in [0.4, 0.5) is 9.18 Å². The van der Waals surface area contributed by atoms with Crippen LogP contribution in [-0.4, -0.2) is 53.6 Å². The first-order valence-electron chi connectivity index (χ1n) is 8.22. The number of hydrogen-bond acceptors (Lipinski definition) is 4. The predicted octanol–water partition coefficient (Wildman–Crippen LogP) is 2.75. The van der Waals surface area contributed by atoms with Crippen LogP contribution in [-0.2, 0) is 4.74 Å². The molecule has 0 saturated carbocycles. The molecule has 0 unspecified atom stereocenters. The van der Waals surface area contributed by atoms with Crippen molar-refractivity contribution in [1.82, 2.24) is 9.80 Å². The molecule has 1 aromatic rings. The Morgan fingerprint density at radius 1 is 1.17 bits per heavy atom. The van der Waals surface area contributed by atoms with Crippen LogP contribution in [0.1, 0.15) is 37.7 Å². The molecule has 1 aromatic heterocycles. The minimum absolute atomic E-state index is 0.0245. The van der Waals surface area contributed by atoms with E-state index >= 15 is 0 Å². The summed E-state index contributed by atoms with van der Waals surface area (Å²) in [6.45, 7) is 7.76. The van der Waals surface area contributed by atoms with Gasteiger partial charge in [0.05, 0.1) is 0 Å². The number of hydrogen-bond donors (Lipinski definition) is 0. The maximum atomic E-state index is 13.0. The van der Waals surface area contributed by atoms with E-state index in [9.17, 15) is 14.0 Å². The molecule has 24 heavy (non-hydrogen) atoms. The summed E-state index contributed by atoms with van der Waals surface area (Å²) in [7, 11) is 0. The molecule has 0 N–H and O–H groups in total. The van der Waals surface area contributed by atoms with Gasteiger partial charge in [-0.2, -0.15) is 0 Å². The third kappa shape index (κ3) is 3.71. The smallest absolute Gasteiger partial charge is 0.410 e. The Morgan fingerprint density at radius 3 is 2.25 bits per heavy atom. The molecule has 2 amide bonds. The average Bonchev–Trinajstić information content (AvgIpc) is 2.90. The highest BCUT2D eigenvalue weighted by molar-refractivity contribution is 5.91. The lowest BCUT2D eigenvalue weighted by molar-refractivity contribution is -0.00762. The van der Waals surface area contributed by atoms with E-state index in [1.807, 2.05) is 20.8 Å². The van der Waals surface area contributed by atoms with Crippen molar-refractivity contribution in [2.45, 2.75) is 32.8 Å². The molecule has 132 valence electrons. The lowest BCUT2D eigenvalue weighted by Crippen LogP contribution is -2.55. The van der Waals surface area contributed by atoms with Crippen LogP contribution in [0.5, 0.6) is 0 Å². The Bertz CT molecular complexity index is 623. The van der Waals surface area contributed by atoms with Gasteiger partial charge in [0, 0.05) is 32.2 Å². The summed E-state index contributed by atoms with van der Waals surface area (Å²) in [6, 6.07) is 1.11. The Balaban J connectivity index is 1.63. The van der Waals surface area contributed by atoms with Gasteiger partial charge in [-0.05, 0) is 39.0 Å². The number of carbonyl (C=O) groups excluding carboxylic acids is 2. The van der Waals surface area contributed by atoms with Crippen LogP contribution >= 0.6 is 0 Å². The van der Waals surface area contributed by atoms with Crippen molar-refractivity contribution in [1.29, 1.82) is 0 Å². The molecule has 2 bridgehead atoms. The maximum Gasteiger partial charge on any atom is 0.410 e. The minimum atomic E-state index is -0.549. The van der Waals surface area contributed by atoms with E-state index in [1.54, 1.807) is 9.80 Å². The van der Waals surface area contributed by atoms with Crippen molar-refractivity contribution < 1.29 is 23.1 Å². The van der Waals surface area contributed by atoms with Crippen molar-refractivity contribution in [3.63, 3.8) is 0 Å². The largest absolute Gasteiger partial charge is 0.456 e. The predicted molar refractivity (Wildman–Crippen MR) is 84.0 cm³/mol. The second-order valence-corrected chi connectivity index (χ2v) is 7.69. The van der Waals surface area contributed by atoms with Gasteiger partial charge in [-0.15, -0.1) is 0 Å². The van der Waals surface area contributed by atoms with E-state index in [2.05, 4.69) is 0 Å². The van der Waals surface area contributed by atoms with Gasteiger partial charge in [-0.3, -0.25) is 4.79 Å². The average molecular weight is 338 g/mol. The lowest BCUT2D eigenvalue weighted by atomic mass is 9.84. The molecule has 2 atom stereocenters. The summed E-state index contributed by atoms with van der Waals surface area (Å²) < 4.78 is 23.4. The minimum Gasteiger partial charge on any atom is -0.456 e. The van der Waals surface area contributed by atoms with Crippen molar-refractivity contribution >= 4 is 12.0 Å². The molecule has 0 radical (unpaired) electrons. The number of fused-ring (bicyclic) bond motifs is 2. The van der Waals surface area contributed by atoms with Gasteiger partial charge in [0.2, 0.25) is 0 Å². The number of furan rings is 1. The number of halogens is 1. The topological polar surface area (TPSA) is 63.0 Å². The summed E-state index contributed by atoms with van der Waals surface area (Å²) in [5.41, 5.74) is -0.519. The van der Waals surface area contributed by atoms with Crippen molar-refractivity contribution in [2.24, 2.45) is 11.8 Å². The quantitative estimate of drug-likeness (QED) is 0.790. The molecule has 2 saturated heterocycles. The van der Waals surface area contributed by atoms with Gasteiger partial charge in [-0.25, -0.2) is 9.18 Å². The van der Waals surface area contributed by atoms with Gasteiger partial charge >= 0.3 is 6.09 Å². The van der Waals surface area contributed by atoms with E-state index in [4.69, 9.17) is 9.15 Å². The number of likely N-dealkylation sites (tertiary alicyclic amines) is 2. The number of nitrogens with zero attached hydrogens (tertiary/aromatic N) is 2. The van der Waals surface area contributed by atoms with Crippen LogP contribution in [0.15, 0.2) is 16.7 Å². The van der Waals surface area contributed by atoms with Crippen LogP contribution in [0.3, 0.4) is 0 Å². The van der Waals surface area contributed by atoms with E-state index in [0.29, 0.717) is 26.2 Å². The standard InChI is InChI=1S/C17H23FN2O4/c1-17(2,3)24-16(22)20-8-11-4-12(9-20)7-19(6-11)15(21)14-5-13(18)10-23-14/h5,10-12H,4,6-9H2,1-3H3/t11-,12+. The fraction of sp³-hybridized carbons (Fsp3) is 0.647. The second kappa shape index (κ2) is 6.11. The highest BCUT2D eigenvalue weighted by Crippen LogP contribution is 2.30. The third-order valence-corrected chi connectivity index (χ3v) is 4.30. The van der Waals surface area contributed by atoms with Crippen LogP contribution in [0.25, 0.3) is 0 Å². The highest BCUT2D eigenvalue weighted by atomic mass is 19.1. The van der Waals surface area contributed by atoms with Crippen LogP contribution in [0, 0.1) is 17.7 Å². The van der Waals surface area contributed by atoms with E-state index in [0.717, 1.165) is 18.8 Å². The first-order valence-corrected chi connectivity index (χ1v) is 8.22. The van der Waals surface area contributed by atoms with Crippen LogP contribution < -0.4 is 0 Å². The normalized spacial score (nSPS) is 24.0. The maximum absolute atomic E-state index is 13.0. The zero-order valence-corrected chi connectivity index (χ0v) is 14.3. The molecule has 2 aliphatic heterocycles. The van der Waals surface area contributed by atoms with Gasteiger partial charge in [0.1, 0.15) is 11.9 Å². The zero-order chi connectivity index (χ0) is 17.5. The van der Waals surface area contributed by atoms with E-state index in [1.165, 1.54) is 0 Å². The van der Waals surface area contributed by atoms with E-state index in [-0.39, 0.29) is 29.6 Å². The molecule has 7 heteroatoms. The molecule has 2 aliphatic rings. The van der Waals surface area contributed by atoms with Crippen molar-refractivity contribution in [3.05, 3.63) is 23.9 Å². The SMILES string of the molecule is CC(C)(C)OC(=O)N1C[C@H]2C[C@@H](C1)CN(C(=O)c1cc(F)co1)C2. The summed E-state index contributed by atoms with van der Waals surface area (Å²) >= 11 is 0. The van der Waals surface area contributed by atoms with Gasteiger partial charge in [0.15, 0.2) is 11.6 Å². The molecule has 0 spiro atoms. The molecule has 6 nitrogen and oxygen atoms in total. The Kier molecular flexibility index (Phi) is 4.27. The molecular formula is C17H23FN2O4. The molecule has 3 rings (SSSR count). The number of amides is 2. The summed E-state index contributed by atoms with van der Waals surface area (Å²) in [5.74, 6) is -0.412. The lowest BCUT2D eigenvalue weighted by Gasteiger charge is -2.45. The molecule has 0 aliphatic carbocycles. The second-order valence-electron chi connectivity index (χ2n) is 7.69. The Hall–Kier alpha value is -2.05. The molecular weight excluding hydrogens is 315 g/mol. The monoisotopic (exact) mass is 338 g/mol. The fourth-order valence-electron chi connectivity index (χ4n) is 3.50. The first kappa shape index (κ1) is 16.8. The number of ether oxygens (including phenoxy) is 1. The number of carbonyl (C=O) groups is 2. The molecule has 2 fully saturated rings. The van der Waals surface area contributed by atoms with Crippen molar-refractivity contribution in [3.8, 4) is 0 Å². The van der Waals surface area contributed by atoms with Gasteiger partial charge in [-0.1, -0.05) is 0 Å². The summed E-state index contributed by atoms with van der Waals surface area (Å²) in [6.07, 6.45) is 1.61. The molecule has 0 aromatic carbocycles. The Morgan fingerprint density at radius 2 is 1.75 bits per heavy atom. The van der Waals surface area contributed by atoms with Gasteiger partial charge in [0.25, 0.3) is 5.91 Å². The van der Waals surface area contributed by atoms with Crippen LogP contribution in [0.2, 0.25) is 0 Å². The Labute approximate surface area is 140 Å². The first-order chi connectivity index (χ1) is 11.2. The number of rotatable bonds is 1. The highest BCUT2D eigenvalue weighted by Gasteiger charge is 2.39. The fourth-order valence-corrected chi connectivity index (χ4v) is 3.50. The van der Waals surface area contributed by atoms with Gasteiger partial charge < -0.3 is 19.0 Å². The summed E-state index contributed by atoms with van der Waals surface area (Å²) in [4.78, 5) is 28.1. The molecule has 3 heterocycles.